The Kier molecular flexibility index (Phi) is 5.60. The molecule has 5 rings (SSSR count). The highest BCUT2D eigenvalue weighted by atomic mass is 35.5. The molecule has 2 aromatic carbocycles. The van der Waals surface area contributed by atoms with E-state index in [9.17, 15) is 22.8 Å². The lowest BCUT2D eigenvalue weighted by Gasteiger charge is -2.70. The lowest BCUT2D eigenvalue weighted by Crippen LogP contribution is -2.75. The van der Waals surface area contributed by atoms with Gasteiger partial charge in [-0.2, -0.15) is 0 Å². The molecule has 0 aliphatic heterocycles. The summed E-state index contributed by atoms with van der Waals surface area (Å²) in [5.74, 6) is -2.81. The van der Waals surface area contributed by atoms with Crippen molar-refractivity contribution < 1.29 is 32.2 Å². The highest BCUT2D eigenvalue weighted by Crippen LogP contribution is 2.68. The molecule has 0 heterocycles. The van der Waals surface area contributed by atoms with Gasteiger partial charge < -0.3 is 14.8 Å². The van der Waals surface area contributed by atoms with Crippen LogP contribution in [-0.2, 0) is 9.59 Å². The van der Waals surface area contributed by atoms with Crippen LogP contribution in [0.4, 0.5) is 13.2 Å². The fourth-order valence-electron chi connectivity index (χ4n) is 4.57. The molecule has 3 aliphatic carbocycles. The van der Waals surface area contributed by atoms with Crippen molar-refractivity contribution in [3.05, 3.63) is 58.9 Å². The number of rotatable bonds is 9. The molecule has 2 bridgehead atoms. The number of hydrogen-bond acceptors (Lipinski definition) is 4. The minimum Gasteiger partial charge on any atom is -0.486 e. The highest BCUT2D eigenvalue weighted by molar-refractivity contribution is 6.30. The van der Waals surface area contributed by atoms with Gasteiger partial charge in [-0.1, -0.05) is 11.6 Å². The number of carbonyl (C=O) groups is 2. The summed E-state index contributed by atoms with van der Waals surface area (Å²) in [6.07, 6.45) is 2.34. The van der Waals surface area contributed by atoms with Gasteiger partial charge in [-0.05, 0) is 48.9 Å². The Balaban J connectivity index is 1.17. The Morgan fingerprint density at radius 2 is 1.52 bits per heavy atom. The SMILES string of the molecule is O=C(COc1ccc(F)c(F)c1)CC12CC(NC(=O)COc3ccc(Cl)c(F)c3)(C1)C2. The van der Waals surface area contributed by atoms with Gasteiger partial charge >= 0.3 is 0 Å². The molecule has 2 aromatic rings. The molecule has 3 saturated carbocycles. The van der Waals surface area contributed by atoms with Crippen LogP contribution in [0.25, 0.3) is 0 Å². The van der Waals surface area contributed by atoms with Crippen LogP contribution >= 0.6 is 11.6 Å². The van der Waals surface area contributed by atoms with E-state index in [0.29, 0.717) is 25.7 Å². The predicted molar refractivity (Wildman–Crippen MR) is 106 cm³/mol. The van der Waals surface area contributed by atoms with Crippen LogP contribution in [0.2, 0.25) is 5.02 Å². The molecule has 0 unspecified atom stereocenters. The third-order valence-electron chi connectivity index (χ3n) is 5.67. The molecule has 164 valence electrons. The van der Waals surface area contributed by atoms with E-state index in [2.05, 4.69) is 5.32 Å². The number of Topliss-reactive ketones (excluding diaryl/α,β-unsaturated/α-hetero) is 1. The zero-order valence-electron chi connectivity index (χ0n) is 16.4. The first-order valence-corrected chi connectivity index (χ1v) is 10.0. The largest absolute Gasteiger partial charge is 0.486 e. The number of carbonyl (C=O) groups excluding carboxylic acids is 2. The summed E-state index contributed by atoms with van der Waals surface area (Å²) in [5.41, 5.74) is -0.477. The zero-order chi connectivity index (χ0) is 22.2. The predicted octanol–water partition coefficient (Wildman–Crippen LogP) is 4.21. The monoisotopic (exact) mass is 453 g/mol. The number of hydrogen-bond donors (Lipinski definition) is 1. The maximum absolute atomic E-state index is 13.4. The molecule has 9 heteroatoms. The quantitative estimate of drug-likeness (QED) is 0.617. The van der Waals surface area contributed by atoms with Gasteiger partial charge in [-0.25, -0.2) is 13.2 Å². The molecule has 0 spiro atoms. The molecule has 3 aliphatic rings. The van der Waals surface area contributed by atoms with Crippen LogP contribution in [-0.4, -0.2) is 30.4 Å². The van der Waals surface area contributed by atoms with Crippen LogP contribution < -0.4 is 14.8 Å². The smallest absolute Gasteiger partial charge is 0.258 e. The van der Waals surface area contributed by atoms with E-state index in [1.807, 2.05) is 0 Å². The molecule has 1 N–H and O–H groups in total. The molecular weight excluding hydrogens is 435 g/mol. The summed E-state index contributed by atoms with van der Waals surface area (Å²) >= 11 is 5.60. The Morgan fingerprint density at radius 1 is 0.903 bits per heavy atom. The van der Waals surface area contributed by atoms with Crippen LogP contribution in [0.5, 0.6) is 11.5 Å². The van der Waals surface area contributed by atoms with Crippen LogP contribution in [0, 0.1) is 22.9 Å². The maximum atomic E-state index is 13.4. The van der Waals surface area contributed by atoms with Crippen LogP contribution in [0.3, 0.4) is 0 Å². The molecule has 31 heavy (non-hydrogen) atoms. The Morgan fingerprint density at radius 3 is 2.16 bits per heavy atom. The zero-order valence-corrected chi connectivity index (χ0v) is 17.1. The molecule has 0 saturated heterocycles. The van der Waals surface area contributed by atoms with Crippen molar-refractivity contribution >= 4 is 23.3 Å². The van der Waals surface area contributed by atoms with E-state index in [4.69, 9.17) is 21.1 Å². The Hall–Kier alpha value is -2.74. The Bertz CT molecular complexity index is 946. The maximum Gasteiger partial charge on any atom is 0.258 e. The van der Waals surface area contributed by atoms with Gasteiger partial charge in [0.2, 0.25) is 0 Å². The summed E-state index contributed by atoms with van der Waals surface area (Å²) in [7, 11) is 0. The van der Waals surface area contributed by atoms with Gasteiger partial charge in [0.1, 0.15) is 23.9 Å². The van der Waals surface area contributed by atoms with Crippen molar-refractivity contribution in [1.29, 1.82) is 0 Å². The molecule has 3 fully saturated rings. The number of nitrogens with one attached hydrogen (secondary N) is 1. The van der Waals surface area contributed by atoms with Crippen molar-refractivity contribution in [2.24, 2.45) is 5.41 Å². The number of benzene rings is 2. The van der Waals surface area contributed by atoms with Gasteiger partial charge in [0.25, 0.3) is 5.91 Å². The molecule has 0 radical (unpaired) electrons. The topological polar surface area (TPSA) is 64.6 Å². The van der Waals surface area contributed by atoms with Crippen molar-refractivity contribution in [3.63, 3.8) is 0 Å². The van der Waals surface area contributed by atoms with Crippen molar-refractivity contribution in [2.45, 2.75) is 31.2 Å². The fourth-order valence-corrected chi connectivity index (χ4v) is 4.68. The molecule has 1 amide bonds. The van der Waals surface area contributed by atoms with Crippen molar-refractivity contribution in [2.75, 3.05) is 13.2 Å². The number of ether oxygens (including phenoxy) is 2. The van der Waals surface area contributed by atoms with E-state index in [0.717, 1.165) is 18.2 Å². The van der Waals surface area contributed by atoms with E-state index in [-0.39, 0.29) is 52.4 Å². The standard InChI is InChI=1S/C22H19ClF3NO4/c23-16-3-1-14(5-18(16)25)31-9-20(29)27-22-10-21(11-22,12-22)7-13(28)8-30-15-2-4-17(24)19(26)6-15/h1-6H,7-12H2,(H,27,29). The summed E-state index contributed by atoms with van der Waals surface area (Å²) in [6, 6.07) is 7.03. The fraction of sp³-hybridized carbons (Fsp3) is 0.364. The molecule has 5 nitrogen and oxygen atoms in total. The third-order valence-corrected chi connectivity index (χ3v) is 5.98. The summed E-state index contributed by atoms with van der Waals surface area (Å²) in [6.45, 7) is -0.478. The van der Waals surface area contributed by atoms with E-state index in [1.165, 1.54) is 18.2 Å². The first-order chi connectivity index (χ1) is 14.7. The first kappa shape index (κ1) is 21.5. The van der Waals surface area contributed by atoms with E-state index >= 15 is 0 Å². The second kappa shape index (κ2) is 8.07. The first-order valence-electron chi connectivity index (χ1n) is 9.66. The second-order valence-corrected chi connectivity index (χ2v) is 8.71. The lowest BCUT2D eigenvalue weighted by molar-refractivity contribution is -0.173. The normalized spacial score (nSPS) is 23.4. The van der Waals surface area contributed by atoms with E-state index in [1.54, 1.807) is 0 Å². The second-order valence-electron chi connectivity index (χ2n) is 8.30. The third kappa shape index (κ3) is 4.63. The number of ketones is 1. The average molecular weight is 454 g/mol. The minimum atomic E-state index is -1.03. The van der Waals surface area contributed by atoms with Gasteiger partial charge in [0.15, 0.2) is 24.0 Å². The van der Waals surface area contributed by atoms with Crippen molar-refractivity contribution in [1.82, 2.24) is 5.32 Å². The van der Waals surface area contributed by atoms with Crippen molar-refractivity contribution in [3.8, 4) is 11.5 Å². The summed E-state index contributed by atoms with van der Waals surface area (Å²) < 4.78 is 50.0. The molecule has 0 atom stereocenters. The van der Waals surface area contributed by atoms with Gasteiger partial charge in [0.05, 0.1) is 5.02 Å². The molecule has 0 aromatic heterocycles. The van der Waals surface area contributed by atoms with Crippen LogP contribution in [0.1, 0.15) is 25.7 Å². The van der Waals surface area contributed by atoms with Gasteiger partial charge in [-0.3, -0.25) is 9.59 Å². The van der Waals surface area contributed by atoms with Crippen LogP contribution in [0.15, 0.2) is 36.4 Å². The number of halogens is 4. The highest BCUT2D eigenvalue weighted by Gasteiger charge is 2.68. The van der Waals surface area contributed by atoms with E-state index < -0.39 is 17.5 Å². The lowest BCUT2D eigenvalue weighted by atomic mass is 9.38. The van der Waals surface area contributed by atoms with Gasteiger partial charge in [-0.15, -0.1) is 0 Å². The Labute approximate surface area is 181 Å². The summed E-state index contributed by atoms with van der Waals surface area (Å²) in [5, 5.41) is 2.89. The minimum absolute atomic E-state index is 0.0271. The average Bonchev–Trinajstić information content (AvgIpc) is 2.67. The molecular formula is C22H19ClF3NO4. The summed E-state index contributed by atoms with van der Waals surface area (Å²) in [4.78, 5) is 24.3. The number of amides is 1. The van der Waals surface area contributed by atoms with Gasteiger partial charge in [0, 0.05) is 24.1 Å².